The number of aliphatic hydroxyl groups excluding tert-OH is 2. The molecule has 0 spiro atoms. The van der Waals surface area contributed by atoms with Crippen LogP contribution in [0.5, 0.6) is 0 Å². The normalized spacial score (nSPS) is 57.7. The van der Waals surface area contributed by atoms with Crippen LogP contribution < -0.4 is 0 Å². The molecule has 4 fully saturated rings. The zero-order valence-corrected chi connectivity index (χ0v) is 15.1. The van der Waals surface area contributed by atoms with Gasteiger partial charge in [-0.25, -0.2) is 0 Å². The van der Waals surface area contributed by atoms with Crippen LogP contribution in [-0.4, -0.2) is 22.4 Å². The second kappa shape index (κ2) is 5.33. The number of hydrogen-bond acceptors (Lipinski definition) is 2. The third-order valence-corrected chi connectivity index (χ3v) is 8.85. The highest BCUT2D eigenvalue weighted by molar-refractivity contribution is 5.24. The first kappa shape index (κ1) is 16.1. The zero-order chi connectivity index (χ0) is 16.4. The lowest BCUT2D eigenvalue weighted by Crippen LogP contribution is -2.58. The van der Waals surface area contributed by atoms with Crippen molar-refractivity contribution in [1.82, 2.24) is 0 Å². The molecule has 8 atom stereocenters. The lowest BCUT2D eigenvalue weighted by atomic mass is 9.44. The molecule has 0 radical (unpaired) electrons. The van der Waals surface area contributed by atoms with E-state index < -0.39 is 0 Å². The topological polar surface area (TPSA) is 40.5 Å². The van der Waals surface area contributed by atoms with Crippen LogP contribution >= 0.6 is 0 Å². The highest BCUT2D eigenvalue weighted by Crippen LogP contribution is 2.67. The average Bonchev–Trinajstić information content (AvgIpc) is 2.85. The summed E-state index contributed by atoms with van der Waals surface area (Å²) >= 11 is 0. The second-order valence-corrected chi connectivity index (χ2v) is 9.53. The minimum atomic E-state index is -0.149. The van der Waals surface area contributed by atoms with Crippen molar-refractivity contribution in [2.24, 2.45) is 34.5 Å². The lowest BCUT2D eigenvalue weighted by Gasteiger charge is -2.61. The fraction of sp³-hybridized carbons (Fsp3) is 0.905. The van der Waals surface area contributed by atoms with Gasteiger partial charge in [-0.2, -0.15) is 0 Å². The van der Waals surface area contributed by atoms with Gasteiger partial charge in [0.25, 0.3) is 0 Å². The SMILES string of the molecule is C/C=C1\CC[C@H]2[C@@H]3C(O)CC4CC(O)CC[C@]4(C)[C@H]3CC[C@]12C. The first-order valence-corrected chi connectivity index (χ1v) is 9.92. The summed E-state index contributed by atoms with van der Waals surface area (Å²) in [5.74, 6) is 2.35. The van der Waals surface area contributed by atoms with E-state index in [-0.39, 0.29) is 12.2 Å². The molecular formula is C21H34O2. The predicted octanol–water partition coefficient (Wildman–Crippen LogP) is 4.31. The lowest BCUT2D eigenvalue weighted by molar-refractivity contribution is -0.164. The van der Waals surface area contributed by atoms with Gasteiger partial charge in [-0.1, -0.05) is 25.5 Å². The molecule has 0 aliphatic heterocycles. The Labute approximate surface area is 141 Å². The standard InChI is InChI=1S/C21H34O2/c1-4-13-5-6-16-19-17(8-10-20(13,16)2)21(3)9-7-15(22)11-14(21)12-18(19)23/h4,14-19,22-23H,5-12H2,1-3H3/b13-4+/t14?,15?,16-,17-,18?,19-,20+,21-/m0/s1. The summed E-state index contributed by atoms with van der Waals surface area (Å²) in [5, 5.41) is 21.2. The molecule has 2 heteroatoms. The monoisotopic (exact) mass is 318 g/mol. The van der Waals surface area contributed by atoms with Gasteiger partial charge < -0.3 is 10.2 Å². The van der Waals surface area contributed by atoms with Gasteiger partial charge in [0.1, 0.15) is 0 Å². The van der Waals surface area contributed by atoms with E-state index in [1.54, 1.807) is 5.57 Å². The number of fused-ring (bicyclic) bond motifs is 5. The first-order chi connectivity index (χ1) is 10.9. The van der Waals surface area contributed by atoms with Gasteiger partial charge in [0.05, 0.1) is 12.2 Å². The minimum Gasteiger partial charge on any atom is -0.393 e. The van der Waals surface area contributed by atoms with Gasteiger partial charge in [0, 0.05) is 0 Å². The summed E-state index contributed by atoms with van der Waals surface area (Å²) in [5.41, 5.74) is 2.34. The van der Waals surface area contributed by atoms with E-state index in [1.165, 1.54) is 25.7 Å². The Morgan fingerprint density at radius 1 is 1.00 bits per heavy atom. The minimum absolute atomic E-state index is 0.133. The Kier molecular flexibility index (Phi) is 3.74. The van der Waals surface area contributed by atoms with E-state index in [0.717, 1.165) is 25.7 Å². The first-order valence-electron chi connectivity index (χ1n) is 9.92. The Morgan fingerprint density at radius 2 is 1.78 bits per heavy atom. The second-order valence-electron chi connectivity index (χ2n) is 9.53. The fourth-order valence-corrected chi connectivity index (χ4v) is 7.52. The maximum atomic E-state index is 11.1. The highest BCUT2D eigenvalue weighted by Gasteiger charge is 2.61. The Hall–Kier alpha value is -0.340. The molecule has 0 aromatic rings. The molecule has 23 heavy (non-hydrogen) atoms. The fourth-order valence-electron chi connectivity index (χ4n) is 7.52. The van der Waals surface area contributed by atoms with E-state index in [1.807, 2.05) is 0 Å². The van der Waals surface area contributed by atoms with Crippen molar-refractivity contribution in [1.29, 1.82) is 0 Å². The molecule has 130 valence electrons. The molecule has 0 saturated heterocycles. The third-order valence-electron chi connectivity index (χ3n) is 8.85. The van der Waals surface area contributed by atoms with Crippen molar-refractivity contribution in [3.63, 3.8) is 0 Å². The van der Waals surface area contributed by atoms with Crippen molar-refractivity contribution in [2.75, 3.05) is 0 Å². The molecule has 0 aromatic heterocycles. The number of allylic oxidation sites excluding steroid dienone is 2. The number of hydrogen-bond donors (Lipinski definition) is 2. The summed E-state index contributed by atoms with van der Waals surface area (Å²) in [7, 11) is 0. The summed E-state index contributed by atoms with van der Waals surface area (Å²) in [6, 6.07) is 0. The smallest absolute Gasteiger partial charge is 0.0577 e. The van der Waals surface area contributed by atoms with E-state index in [4.69, 9.17) is 0 Å². The Bertz CT molecular complexity index is 512. The van der Waals surface area contributed by atoms with Crippen LogP contribution in [0.2, 0.25) is 0 Å². The van der Waals surface area contributed by atoms with Gasteiger partial charge in [-0.05, 0) is 92.8 Å². The van der Waals surface area contributed by atoms with Crippen LogP contribution in [0.25, 0.3) is 0 Å². The summed E-state index contributed by atoms with van der Waals surface area (Å²) < 4.78 is 0. The maximum absolute atomic E-state index is 11.1. The van der Waals surface area contributed by atoms with Crippen LogP contribution in [0.3, 0.4) is 0 Å². The molecule has 3 unspecified atom stereocenters. The van der Waals surface area contributed by atoms with Gasteiger partial charge in [-0.15, -0.1) is 0 Å². The Balaban J connectivity index is 1.68. The molecule has 4 saturated carbocycles. The molecule has 2 N–H and O–H groups in total. The van der Waals surface area contributed by atoms with Crippen molar-refractivity contribution in [2.45, 2.75) is 84.3 Å². The van der Waals surface area contributed by atoms with Crippen LogP contribution in [0.15, 0.2) is 11.6 Å². The highest BCUT2D eigenvalue weighted by atomic mass is 16.3. The molecule has 0 bridgehead atoms. The van der Waals surface area contributed by atoms with Crippen molar-refractivity contribution >= 4 is 0 Å². The number of rotatable bonds is 0. The van der Waals surface area contributed by atoms with E-state index >= 15 is 0 Å². The van der Waals surface area contributed by atoms with Gasteiger partial charge in [0.2, 0.25) is 0 Å². The molecule has 2 nitrogen and oxygen atoms in total. The van der Waals surface area contributed by atoms with Gasteiger partial charge in [0.15, 0.2) is 0 Å². The molecular weight excluding hydrogens is 284 g/mol. The number of aliphatic hydroxyl groups is 2. The predicted molar refractivity (Wildman–Crippen MR) is 92.9 cm³/mol. The van der Waals surface area contributed by atoms with Crippen molar-refractivity contribution in [3.8, 4) is 0 Å². The molecule has 0 heterocycles. The van der Waals surface area contributed by atoms with Crippen molar-refractivity contribution in [3.05, 3.63) is 11.6 Å². The quantitative estimate of drug-likeness (QED) is 0.654. The maximum Gasteiger partial charge on any atom is 0.0577 e. The van der Waals surface area contributed by atoms with Crippen LogP contribution in [0.4, 0.5) is 0 Å². The molecule has 4 aliphatic rings. The van der Waals surface area contributed by atoms with Crippen LogP contribution in [0, 0.1) is 34.5 Å². The third kappa shape index (κ3) is 2.13. The zero-order valence-electron chi connectivity index (χ0n) is 15.1. The summed E-state index contributed by atoms with van der Waals surface area (Å²) in [6.45, 7) is 7.16. The van der Waals surface area contributed by atoms with Gasteiger partial charge >= 0.3 is 0 Å². The molecule has 0 amide bonds. The average molecular weight is 319 g/mol. The van der Waals surface area contributed by atoms with Crippen molar-refractivity contribution < 1.29 is 10.2 Å². The molecule has 4 rings (SSSR count). The molecule has 0 aromatic carbocycles. The van der Waals surface area contributed by atoms with E-state index in [9.17, 15) is 10.2 Å². The largest absolute Gasteiger partial charge is 0.393 e. The Morgan fingerprint density at radius 3 is 2.52 bits per heavy atom. The molecule has 4 aliphatic carbocycles. The summed E-state index contributed by atoms with van der Waals surface area (Å²) in [6.07, 6.45) is 11.1. The summed E-state index contributed by atoms with van der Waals surface area (Å²) in [4.78, 5) is 0. The van der Waals surface area contributed by atoms with E-state index in [0.29, 0.717) is 34.5 Å². The van der Waals surface area contributed by atoms with Gasteiger partial charge in [-0.3, -0.25) is 0 Å². The van der Waals surface area contributed by atoms with E-state index in [2.05, 4.69) is 26.8 Å². The van der Waals surface area contributed by atoms with Crippen LogP contribution in [-0.2, 0) is 0 Å². The van der Waals surface area contributed by atoms with Crippen LogP contribution in [0.1, 0.15) is 72.1 Å².